The number of fused-ring (bicyclic) bond motifs is 1. The van der Waals surface area contributed by atoms with E-state index in [-0.39, 0.29) is 0 Å². The Balaban J connectivity index is 1.97. The van der Waals surface area contributed by atoms with E-state index in [0.717, 1.165) is 44.1 Å². The molecule has 1 aromatic carbocycles. The summed E-state index contributed by atoms with van der Waals surface area (Å²) in [4.78, 5) is 4.82. The average molecular weight is 262 g/mol. The van der Waals surface area contributed by atoms with Gasteiger partial charge < -0.3 is 19.3 Å². The van der Waals surface area contributed by atoms with Gasteiger partial charge in [-0.05, 0) is 25.1 Å². The van der Waals surface area contributed by atoms with Crippen LogP contribution in [0.1, 0.15) is 12.5 Å². The minimum absolute atomic E-state index is 0.653. The number of aryl methyl sites for hydroxylation is 1. The summed E-state index contributed by atoms with van der Waals surface area (Å²) in [6, 6.07) is 4.23. The van der Waals surface area contributed by atoms with Crippen LogP contribution in [0.5, 0.6) is 11.5 Å². The molecule has 0 amide bonds. The third-order valence-corrected chi connectivity index (χ3v) is 3.97. The lowest BCUT2D eigenvalue weighted by Crippen LogP contribution is -2.45. The summed E-state index contributed by atoms with van der Waals surface area (Å²) in [5, 5.41) is 0. The Labute approximate surface area is 114 Å². The predicted molar refractivity (Wildman–Crippen MR) is 76.5 cm³/mol. The van der Waals surface area contributed by atoms with E-state index in [9.17, 15) is 0 Å². The minimum Gasteiger partial charge on any atom is -0.486 e. The number of hydrogen-bond donors (Lipinski definition) is 0. The van der Waals surface area contributed by atoms with Gasteiger partial charge >= 0.3 is 0 Å². The zero-order chi connectivity index (χ0) is 13.2. The fourth-order valence-electron chi connectivity index (χ4n) is 2.80. The molecule has 0 unspecified atom stereocenters. The monoisotopic (exact) mass is 262 g/mol. The average Bonchev–Trinajstić information content (AvgIpc) is 2.47. The molecule has 0 spiro atoms. The largest absolute Gasteiger partial charge is 0.486 e. The van der Waals surface area contributed by atoms with E-state index >= 15 is 0 Å². The Morgan fingerprint density at radius 3 is 2.53 bits per heavy atom. The lowest BCUT2D eigenvalue weighted by atomic mass is 10.1. The van der Waals surface area contributed by atoms with Crippen LogP contribution in [0.3, 0.4) is 0 Å². The molecule has 0 aromatic heterocycles. The lowest BCUT2D eigenvalue weighted by molar-refractivity contribution is 0.171. The summed E-state index contributed by atoms with van der Waals surface area (Å²) in [5.74, 6) is 1.85. The molecule has 2 aliphatic rings. The first kappa shape index (κ1) is 12.6. The number of likely N-dealkylation sites (N-methyl/N-ethyl adjacent to an activating group) is 1. The Morgan fingerprint density at radius 2 is 1.79 bits per heavy atom. The molecule has 4 nitrogen and oxygen atoms in total. The standard InChI is InChI=1S/C15H22N2O2/c1-3-12-4-5-13-15(19-11-10-18-13)14(12)17-8-6-16(2)7-9-17/h4-5H,3,6-11H2,1-2H3. The summed E-state index contributed by atoms with van der Waals surface area (Å²) < 4.78 is 11.6. The maximum absolute atomic E-state index is 5.90. The fraction of sp³-hybridized carbons (Fsp3) is 0.600. The predicted octanol–water partition coefficient (Wildman–Crippen LogP) is 1.77. The van der Waals surface area contributed by atoms with Crippen LogP contribution in [0.4, 0.5) is 5.69 Å². The van der Waals surface area contributed by atoms with Gasteiger partial charge in [0.25, 0.3) is 0 Å². The Hall–Kier alpha value is -1.42. The van der Waals surface area contributed by atoms with E-state index in [2.05, 4.69) is 29.8 Å². The quantitative estimate of drug-likeness (QED) is 0.811. The van der Waals surface area contributed by atoms with Crippen molar-refractivity contribution < 1.29 is 9.47 Å². The molecule has 3 rings (SSSR count). The van der Waals surface area contributed by atoms with Crippen LogP contribution in [0.15, 0.2) is 12.1 Å². The van der Waals surface area contributed by atoms with Gasteiger partial charge in [-0.1, -0.05) is 13.0 Å². The van der Waals surface area contributed by atoms with Crippen molar-refractivity contribution in [2.75, 3.05) is 51.3 Å². The van der Waals surface area contributed by atoms with Crippen LogP contribution in [-0.2, 0) is 6.42 Å². The first-order valence-electron chi connectivity index (χ1n) is 7.14. The van der Waals surface area contributed by atoms with Gasteiger partial charge in [-0.3, -0.25) is 0 Å². The summed E-state index contributed by atoms with van der Waals surface area (Å²) in [5.41, 5.74) is 2.61. The molecule has 0 aliphatic carbocycles. The van der Waals surface area contributed by atoms with Gasteiger partial charge in [0.1, 0.15) is 13.2 Å². The third-order valence-electron chi connectivity index (χ3n) is 3.97. The smallest absolute Gasteiger partial charge is 0.184 e. The molecule has 0 radical (unpaired) electrons. The Bertz CT molecular complexity index is 454. The van der Waals surface area contributed by atoms with E-state index in [0.29, 0.717) is 13.2 Å². The van der Waals surface area contributed by atoms with E-state index in [1.54, 1.807) is 0 Å². The molecular formula is C15H22N2O2. The topological polar surface area (TPSA) is 24.9 Å². The number of rotatable bonds is 2. The molecule has 0 atom stereocenters. The number of hydrogen-bond acceptors (Lipinski definition) is 4. The number of benzene rings is 1. The van der Waals surface area contributed by atoms with Crippen molar-refractivity contribution in [3.8, 4) is 11.5 Å². The van der Waals surface area contributed by atoms with E-state index < -0.39 is 0 Å². The van der Waals surface area contributed by atoms with E-state index in [4.69, 9.17) is 9.47 Å². The number of anilines is 1. The molecule has 19 heavy (non-hydrogen) atoms. The Morgan fingerprint density at radius 1 is 1.05 bits per heavy atom. The third kappa shape index (κ3) is 2.37. The van der Waals surface area contributed by atoms with Crippen molar-refractivity contribution in [2.24, 2.45) is 0 Å². The fourth-order valence-corrected chi connectivity index (χ4v) is 2.80. The summed E-state index contributed by atoms with van der Waals surface area (Å²) in [7, 11) is 2.18. The van der Waals surface area contributed by atoms with Crippen LogP contribution in [-0.4, -0.2) is 51.3 Å². The van der Waals surface area contributed by atoms with E-state index in [1.165, 1.54) is 11.3 Å². The van der Waals surface area contributed by atoms with Gasteiger partial charge in [0.15, 0.2) is 11.5 Å². The van der Waals surface area contributed by atoms with Crippen LogP contribution in [0, 0.1) is 0 Å². The molecule has 4 heteroatoms. The SMILES string of the molecule is CCc1ccc2c(c1N1CCN(C)CC1)OCCO2. The van der Waals surface area contributed by atoms with Crippen molar-refractivity contribution in [1.82, 2.24) is 4.90 Å². The van der Waals surface area contributed by atoms with Crippen LogP contribution < -0.4 is 14.4 Å². The van der Waals surface area contributed by atoms with Crippen molar-refractivity contribution in [1.29, 1.82) is 0 Å². The molecule has 1 aromatic rings. The van der Waals surface area contributed by atoms with Crippen molar-refractivity contribution in [2.45, 2.75) is 13.3 Å². The molecule has 0 saturated carbocycles. The second-order valence-electron chi connectivity index (χ2n) is 5.24. The molecular weight excluding hydrogens is 240 g/mol. The summed E-state index contributed by atoms with van der Waals surface area (Å²) in [6.45, 7) is 7.83. The summed E-state index contributed by atoms with van der Waals surface area (Å²) >= 11 is 0. The molecule has 1 fully saturated rings. The highest BCUT2D eigenvalue weighted by Gasteiger charge is 2.25. The van der Waals surface area contributed by atoms with Crippen molar-refractivity contribution in [3.05, 3.63) is 17.7 Å². The summed E-state index contributed by atoms with van der Waals surface area (Å²) in [6.07, 6.45) is 1.03. The number of piperazine rings is 1. The van der Waals surface area contributed by atoms with Crippen LogP contribution in [0.25, 0.3) is 0 Å². The van der Waals surface area contributed by atoms with Gasteiger partial charge in [-0.2, -0.15) is 0 Å². The van der Waals surface area contributed by atoms with Gasteiger partial charge in [0, 0.05) is 26.2 Å². The van der Waals surface area contributed by atoms with Gasteiger partial charge in [-0.25, -0.2) is 0 Å². The second-order valence-corrected chi connectivity index (χ2v) is 5.24. The normalized spacial score (nSPS) is 19.6. The van der Waals surface area contributed by atoms with Crippen molar-refractivity contribution >= 4 is 5.69 Å². The lowest BCUT2D eigenvalue weighted by Gasteiger charge is -2.37. The van der Waals surface area contributed by atoms with Crippen molar-refractivity contribution in [3.63, 3.8) is 0 Å². The van der Waals surface area contributed by atoms with Gasteiger partial charge in [0.05, 0.1) is 5.69 Å². The van der Waals surface area contributed by atoms with Gasteiger partial charge in [0.2, 0.25) is 0 Å². The first-order chi connectivity index (χ1) is 9.29. The molecule has 1 saturated heterocycles. The second kappa shape index (κ2) is 5.29. The maximum Gasteiger partial charge on any atom is 0.184 e. The van der Waals surface area contributed by atoms with Crippen LogP contribution in [0.2, 0.25) is 0 Å². The maximum atomic E-state index is 5.90. The zero-order valence-electron chi connectivity index (χ0n) is 11.8. The first-order valence-corrected chi connectivity index (χ1v) is 7.14. The van der Waals surface area contributed by atoms with E-state index in [1.807, 2.05) is 6.07 Å². The highest BCUT2D eigenvalue weighted by Crippen LogP contribution is 2.42. The number of nitrogens with zero attached hydrogens (tertiary/aromatic N) is 2. The number of ether oxygens (including phenoxy) is 2. The molecule has 104 valence electrons. The molecule has 2 heterocycles. The molecule has 0 bridgehead atoms. The zero-order valence-corrected chi connectivity index (χ0v) is 11.8. The highest BCUT2D eigenvalue weighted by atomic mass is 16.6. The highest BCUT2D eigenvalue weighted by molar-refractivity contribution is 5.70. The minimum atomic E-state index is 0.653. The molecule has 0 N–H and O–H groups in total. The van der Waals surface area contributed by atoms with Gasteiger partial charge in [-0.15, -0.1) is 0 Å². The van der Waals surface area contributed by atoms with Crippen LogP contribution >= 0.6 is 0 Å². The molecule has 2 aliphatic heterocycles. The Kier molecular flexibility index (Phi) is 3.51.